The van der Waals surface area contributed by atoms with Crippen LogP contribution < -0.4 is 19.6 Å². The third kappa shape index (κ3) is 6.13. The van der Waals surface area contributed by atoms with Crippen LogP contribution in [0.1, 0.15) is 35.2 Å². The molecule has 0 fully saturated rings. The van der Waals surface area contributed by atoms with Crippen molar-refractivity contribution in [1.29, 1.82) is 0 Å². The fourth-order valence-corrected chi connectivity index (χ4v) is 6.34. The highest BCUT2D eigenvalue weighted by molar-refractivity contribution is 7.07. The molecule has 1 atom stereocenters. The highest BCUT2D eigenvalue weighted by Crippen LogP contribution is 2.35. The van der Waals surface area contributed by atoms with E-state index in [2.05, 4.69) is 0 Å². The average Bonchev–Trinajstić information content (AvgIpc) is 3.35. The lowest BCUT2D eigenvalue weighted by atomic mass is 9.93. The zero-order valence-corrected chi connectivity index (χ0v) is 25.9. The predicted octanol–water partition coefficient (Wildman–Crippen LogP) is 6.82. The van der Waals surface area contributed by atoms with Gasteiger partial charge in [0.15, 0.2) is 4.80 Å². The van der Waals surface area contributed by atoms with Crippen molar-refractivity contribution in [2.24, 2.45) is 4.99 Å². The van der Waals surface area contributed by atoms with E-state index in [-0.39, 0.29) is 17.7 Å². The van der Waals surface area contributed by atoms with Crippen molar-refractivity contribution in [2.75, 3.05) is 6.61 Å². The molecule has 5 aromatic rings. The summed E-state index contributed by atoms with van der Waals surface area (Å²) in [4.78, 5) is 33.2. The molecule has 44 heavy (non-hydrogen) atoms. The van der Waals surface area contributed by atoms with E-state index in [1.54, 1.807) is 47.9 Å². The molecule has 0 bridgehead atoms. The summed E-state index contributed by atoms with van der Waals surface area (Å²) in [7, 11) is 0. The summed E-state index contributed by atoms with van der Waals surface area (Å²) < 4.78 is 13.6. The molecule has 0 aliphatic carbocycles. The van der Waals surface area contributed by atoms with Crippen LogP contribution in [0.3, 0.4) is 0 Å². The van der Waals surface area contributed by atoms with Crippen LogP contribution in [0.15, 0.2) is 118 Å². The van der Waals surface area contributed by atoms with E-state index in [1.807, 2.05) is 72.8 Å². The van der Waals surface area contributed by atoms with Crippen LogP contribution in [0.4, 0.5) is 0 Å². The molecule has 1 aliphatic heterocycles. The van der Waals surface area contributed by atoms with Gasteiger partial charge in [-0.15, -0.1) is 0 Å². The van der Waals surface area contributed by atoms with Crippen molar-refractivity contribution >= 4 is 52.3 Å². The minimum absolute atomic E-state index is 0.169. The normalized spacial score (nSPS) is 14.6. The monoisotopic (exact) mass is 640 g/mol. The summed E-state index contributed by atoms with van der Waals surface area (Å²) in [5.41, 5.74) is 3.50. The van der Waals surface area contributed by atoms with Gasteiger partial charge in [0.05, 0.1) is 28.5 Å². The van der Waals surface area contributed by atoms with Crippen LogP contribution in [0.25, 0.3) is 11.8 Å². The van der Waals surface area contributed by atoms with Gasteiger partial charge in [-0.05, 0) is 54.5 Å². The molecule has 0 N–H and O–H groups in total. The van der Waals surface area contributed by atoms with Crippen molar-refractivity contribution in [3.8, 4) is 5.75 Å². The molecular formula is C35H26Cl2N2O4S. The number of carbonyl (C=O) groups excluding carboxylic acids is 1. The van der Waals surface area contributed by atoms with E-state index in [0.717, 1.165) is 11.1 Å². The first kappa shape index (κ1) is 29.6. The Morgan fingerprint density at radius 3 is 2.32 bits per heavy atom. The Morgan fingerprint density at radius 2 is 1.61 bits per heavy atom. The molecule has 0 spiro atoms. The van der Waals surface area contributed by atoms with E-state index in [1.165, 1.54) is 11.3 Å². The number of benzene rings is 4. The minimum Gasteiger partial charge on any atom is -0.488 e. The zero-order valence-electron chi connectivity index (χ0n) is 23.6. The maximum absolute atomic E-state index is 14.2. The third-order valence-electron chi connectivity index (χ3n) is 7.06. The molecule has 220 valence electrons. The number of halogens is 2. The van der Waals surface area contributed by atoms with Crippen molar-refractivity contribution in [2.45, 2.75) is 19.6 Å². The molecule has 6 rings (SSSR count). The van der Waals surface area contributed by atoms with Gasteiger partial charge >= 0.3 is 5.97 Å². The predicted molar refractivity (Wildman–Crippen MR) is 175 cm³/mol. The largest absolute Gasteiger partial charge is 0.488 e. The van der Waals surface area contributed by atoms with Gasteiger partial charge in [0.1, 0.15) is 12.4 Å². The minimum atomic E-state index is -0.798. The molecule has 1 aromatic heterocycles. The number of fused-ring (bicyclic) bond motifs is 1. The first-order valence-corrected chi connectivity index (χ1v) is 15.5. The van der Waals surface area contributed by atoms with Crippen LogP contribution in [0.5, 0.6) is 5.75 Å². The topological polar surface area (TPSA) is 69.9 Å². The molecule has 0 amide bonds. The van der Waals surface area contributed by atoms with Crippen LogP contribution >= 0.6 is 34.5 Å². The van der Waals surface area contributed by atoms with E-state index >= 15 is 0 Å². The van der Waals surface area contributed by atoms with Gasteiger partial charge in [-0.1, -0.05) is 107 Å². The number of thiazole rings is 1. The lowest BCUT2D eigenvalue weighted by molar-refractivity contribution is -0.138. The summed E-state index contributed by atoms with van der Waals surface area (Å²) in [6.07, 6.45) is 1.76. The van der Waals surface area contributed by atoms with E-state index in [9.17, 15) is 9.59 Å². The Balaban J connectivity index is 1.55. The average molecular weight is 642 g/mol. The lowest BCUT2D eigenvalue weighted by Gasteiger charge is -2.25. The summed E-state index contributed by atoms with van der Waals surface area (Å²) in [6, 6.07) is 30.8. The van der Waals surface area contributed by atoms with E-state index < -0.39 is 12.0 Å². The second kappa shape index (κ2) is 13.1. The molecule has 4 aromatic carbocycles. The molecule has 0 saturated heterocycles. The van der Waals surface area contributed by atoms with Crippen molar-refractivity contribution in [3.63, 3.8) is 0 Å². The molecule has 0 saturated carbocycles. The van der Waals surface area contributed by atoms with Gasteiger partial charge in [0.2, 0.25) is 0 Å². The smallest absolute Gasteiger partial charge is 0.338 e. The second-order valence-electron chi connectivity index (χ2n) is 9.94. The fraction of sp³-hybridized carbons (Fsp3) is 0.114. The van der Waals surface area contributed by atoms with Crippen molar-refractivity contribution in [1.82, 2.24) is 4.57 Å². The first-order chi connectivity index (χ1) is 21.4. The van der Waals surface area contributed by atoms with Crippen LogP contribution in [-0.2, 0) is 16.1 Å². The molecule has 0 radical (unpaired) electrons. The number of hydrogen-bond donors (Lipinski definition) is 0. The number of esters is 1. The Hall–Kier alpha value is -4.43. The Bertz CT molecular complexity index is 2040. The number of carbonyl (C=O) groups is 1. The van der Waals surface area contributed by atoms with Crippen LogP contribution in [0.2, 0.25) is 10.0 Å². The number of aromatic nitrogens is 1. The molecular weight excluding hydrogens is 615 g/mol. The van der Waals surface area contributed by atoms with E-state index in [0.29, 0.717) is 48.6 Å². The Kier molecular flexibility index (Phi) is 8.79. The van der Waals surface area contributed by atoms with Gasteiger partial charge < -0.3 is 9.47 Å². The number of nitrogens with zero attached hydrogens (tertiary/aromatic N) is 2. The highest BCUT2D eigenvalue weighted by Gasteiger charge is 2.35. The van der Waals surface area contributed by atoms with Gasteiger partial charge in [-0.3, -0.25) is 9.36 Å². The second-order valence-corrected chi connectivity index (χ2v) is 11.8. The maximum Gasteiger partial charge on any atom is 0.338 e. The van der Waals surface area contributed by atoms with Gasteiger partial charge in [0, 0.05) is 21.2 Å². The van der Waals surface area contributed by atoms with Gasteiger partial charge in [-0.2, -0.15) is 0 Å². The zero-order chi connectivity index (χ0) is 30.6. The maximum atomic E-state index is 14.2. The summed E-state index contributed by atoms with van der Waals surface area (Å²) in [6.45, 7) is 2.27. The quantitative estimate of drug-likeness (QED) is 0.175. The molecule has 1 aliphatic rings. The third-order valence-corrected chi connectivity index (χ3v) is 8.53. The Labute approximate surface area is 267 Å². The van der Waals surface area contributed by atoms with Crippen molar-refractivity contribution in [3.05, 3.63) is 161 Å². The molecule has 9 heteroatoms. The van der Waals surface area contributed by atoms with E-state index in [4.69, 9.17) is 37.7 Å². The Morgan fingerprint density at radius 1 is 0.932 bits per heavy atom. The summed E-state index contributed by atoms with van der Waals surface area (Å²) >= 11 is 13.8. The molecule has 0 unspecified atom stereocenters. The number of hydrogen-bond acceptors (Lipinski definition) is 6. The van der Waals surface area contributed by atoms with Gasteiger partial charge in [0.25, 0.3) is 5.56 Å². The number of rotatable bonds is 8. The van der Waals surface area contributed by atoms with Gasteiger partial charge in [-0.25, -0.2) is 9.79 Å². The van der Waals surface area contributed by atoms with Crippen molar-refractivity contribution < 1.29 is 14.3 Å². The highest BCUT2D eigenvalue weighted by atomic mass is 35.5. The van der Waals surface area contributed by atoms with Crippen LogP contribution in [-0.4, -0.2) is 17.1 Å². The SMILES string of the molecule is CCOC(=O)C1=C(c2ccccc2)N=c2s/c(=C\c3cc(Cl)ccc3OCc3ccccc3)c(=O)n2[C@H]1c1ccc(Cl)cc1. The summed E-state index contributed by atoms with van der Waals surface area (Å²) in [5, 5.41) is 1.04. The molecule has 2 heterocycles. The summed E-state index contributed by atoms with van der Waals surface area (Å²) in [5.74, 6) is 0.0336. The van der Waals surface area contributed by atoms with Crippen LogP contribution in [0, 0.1) is 0 Å². The lowest BCUT2D eigenvalue weighted by Crippen LogP contribution is -2.40. The fourth-order valence-electron chi connectivity index (χ4n) is 5.04. The first-order valence-electron chi connectivity index (χ1n) is 13.9. The standard InChI is InChI=1S/C35H26Cl2N2O4S/c1-2-42-34(41)30-31(23-11-7-4-8-12-23)38-35-39(32(30)24-13-15-26(36)16-14-24)33(40)29(44-35)20-25-19-27(37)17-18-28(25)43-21-22-9-5-3-6-10-22/h3-20,32H,2,21H2,1H3/b29-20-/t32-/m0/s1. The molecule has 6 nitrogen and oxygen atoms in total. The number of ether oxygens (including phenoxy) is 2.